The van der Waals surface area contributed by atoms with Gasteiger partial charge in [-0.05, 0) is 66.8 Å². The monoisotopic (exact) mass is 455 g/mol. The van der Waals surface area contributed by atoms with Crippen molar-refractivity contribution in [2.75, 3.05) is 27.2 Å². The predicted molar refractivity (Wildman–Crippen MR) is 109 cm³/mol. The molecule has 0 radical (unpaired) electrons. The van der Waals surface area contributed by atoms with Crippen LogP contribution in [0.1, 0.15) is 22.2 Å². The number of nitrogens with zero attached hydrogens (tertiary/aromatic N) is 2. The van der Waals surface area contributed by atoms with Crippen molar-refractivity contribution in [1.29, 1.82) is 0 Å². The third kappa shape index (κ3) is 6.71. The number of benzene rings is 1. The first-order chi connectivity index (χ1) is 12.8. The van der Waals surface area contributed by atoms with Gasteiger partial charge in [-0.15, -0.1) is 11.3 Å². The van der Waals surface area contributed by atoms with Gasteiger partial charge in [0.15, 0.2) is 0 Å². The highest BCUT2D eigenvalue weighted by Crippen LogP contribution is 2.22. The molecule has 5 nitrogen and oxygen atoms in total. The van der Waals surface area contributed by atoms with Crippen LogP contribution in [-0.4, -0.2) is 54.8 Å². The lowest BCUT2D eigenvalue weighted by atomic mass is 10.2. The van der Waals surface area contributed by atoms with E-state index in [1.54, 1.807) is 36.1 Å². The van der Waals surface area contributed by atoms with Gasteiger partial charge in [0.1, 0.15) is 11.9 Å². The molecule has 8 heteroatoms. The van der Waals surface area contributed by atoms with Crippen LogP contribution in [0.25, 0.3) is 0 Å². The average molecular weight is 456 g/mol. The Morgan fingerprint density at radius 2 is 1.81 bits per heavy atom. The highest BCUT2D eigenvalue weighted by molar-refractivity contribution is 9.11. The number of halogens is 2. The van der Waals surface area contributed by atoms with Crippen molar-refractivity contribution in [1.82, 2.24) is 15.1 Å². The molecule has 2 aromatic rings. The molecule has 0 aliphatic carbocycles. The van der Waals surface area contributed by atoms with Gasteiger partial charge in [-0.3, -0.25) is 9.59 Å². The molecule has 1 unspecified atom stereocenters. The zero-order valence-electron chi connectivity index (χ0n) is 15.5. The molecular formula is C19H23BrFN3O2S. The van der Waals surface area contributed by atoms with Crippen molar-refractivity contribution in [3.63, 3.8) is 0 Å². The van der Waals surface area contributed by atoms with Crippen LogP contribution in [0.5, 0.6) is 0 Å². The summed E-state index contributed by atoms with van der Waals surface area (Å²) >= 11 is 4.64. The summed E-state index contributed by atoms with van der Waals surface area (Å²) in [6.07, 6.45) is 0. The van der Waals surface area contributed by atoms with Crippen LogP contribution in [-0.2, 0) is 11.3 Å². The molecule has 0 aliphatic heterocycles. The number of nitrogens with one attached hydrogen (secondary N) is 1. The summed E-state index contributed by atoms with van der Waals surface area (Å²) in [6, 6.07) is 8.93. The Kier molecular flexibility index (Phi) is 7.94. The first-order valence-corrected chi connectivity index (χ1v) is 10.1. The second kappa shape index (κ2) is 9.96. The Bertz CT molecular complexity index is 780. The SMILES string of the molecule is CC(NC(=O)c1ccc(Br)s1)C(=O)N(CCN(C)C)Cc1ccc(F)cc1. The number of amides is 2. The third-order valence-electron chi connectivity index (χ3n) is 3.93. The zero-order valence-corrected chi connectivity index (χ0v) is 17.9. The molecule has 146 valence electrons. The summed E-state index contributed by atoms with van der Waals surface area (Å²) in [6.45, 7) is 3.23. The maximum atomic E-state index is 13.1. The molecule has 1 aromatic carbocycles. The van der Waals surface area contributed by atoms with E-state index >= 15 is 0 Å². The molecule has 1 atom stereocenters. The number of hydrogen-bond donors (Lipinski definition) is 1. The fraction of sp³-hybridized carbons (Fsp3) is 0.368. The van der Waals surface area contributed by atoms with Crippen molar-refractivity contribution >= 4 is 39.1 Å². The number of hydrogen-bond acceptors (Lipinski definition) is 4. The lowest BCUT2D eigenvalue weighted by molar-refractivity contribution is -0.133. The van der Waals surface area contributed by atoms with Crippen LogP contribution in [0.3, 0.4) is 0 Å². The minimum atomic E-state index is -0.666. The Morgan fingerprint density at radius 3 is 2.37 bits per heavy atom. The van der Waals surface area contributed by atoms with Crippen molar-refractivity contribution in [3.05, 3.63) is 56.4 Å². The van der Waals surface area contributed by atoms with E-state index in [1.807, 2.05) is 19.0 Å². The van der Waals surface area contributed by atoms with E-state index in [9.17, 15) is 14.0 Å². The minimum Gasteiger partial charge on any atom is -0.340 e. The fourth-order valence-corrected chi connectivity index (χ4v) is 3.73. The molecule has 2 rings (SSSR count). The van der Waals surface area contributed by atoms with Crippen LogP contribution >= 0.6 is 27.3 Å². The van der Waals surface area contributed by atoms with Gasteiger partial charge in [-0.25, -0.2) is 4.39 Å². The van der Waals surface area contributed by atoms with Gasteiger partial charge in [0.2, 0.25) is 5.91 Å². The van der Waals surface area contributed by atoms with Gasteiger partial charge in [0.25, 0.3) is 5.91 Å². The number of likely N-dealkylation sites (N-methyl/N-ethyl adjacent to an activating group) is 1. The molecule has 1 aromatic heterocycles. The first kappa shape index (κ1) is 21.5. The highest BCUT2D eigenvalue weighted by atomic mass is 79.9. The van der Waals surface area contributed by atoms with Crippen molar-refractivity contribution in [2.24, 2.45) is 0 Å². The van der Waals surface area contributed by atoms with Crippen LogP contribution in [0, 0.1) is 5.82 Å². The molecule has 0 saturated heterocycles. The number of thiophene rings is 1. The van der Waals surface area contributed by atoms with Gasteiger partial charge in [0.05, 0.1) is 8.66 Å². The van der Waals surface area contributed by atoms with E-state index in [1.165, 1.54) is 23.5 Å². The maximum absolute atomic E-state index is 13.1. The van der Waals surface area contributed by atoms with E-state index in [2.05, 4.69) is 21.2 Å². The number of carbonyl (C=O) groups excluding carboxylic acids is 2. The smallest absolute Gasteiger partial charge is 0.262 e. The first-order valence-electron chi connectivity index (χ1n) is 8.50. The molecule has 0 fully saturated rings. The van der Waals surface area contributed by atoms with Crippen LogP contribution < -0.4 is 5.32 Å². The Balaban J connectivity index is 2.06. The summed E-state index contributed by atoms with van der Waals surface area (Å²) < 4.78 is 14.0. The third-order valence-corrected chi connectivity index (χ3v) is 5.55. The van der Waals surface area contributed by atoms with E-state index in [0.717, 1.165) is 9.35 Å². The second-order valence-corrected chi connectivity index (χ2v) is 8.95. The number of carbonyl (C=O) groups is 2. The van der Waals surface area contributed by atoms with Gasteiger partial charge < -0.3 is 15.1 Å². The Morgan fingerprint density at radius 1 is 1.15 bits per heavy atom. The quantitative estimate of drug-likeness (QED) is 0.663. The Hall–Kier alpha value is -1.77. The lowest BCUT2D eigenvalue weighted by Crippen LogP contribution is -2.48. The fourth-order valence-electron chi connectivity index (χ4n) is 2.44. The number of rotatable bonds is 8. The predicted octanol–water partition coefficient (Wildman–Crippen LogP) is 3.36. The van der Waals surface area contributed by atoms with Gasteiger partial charge >= 0.3 is 0 Å². The summed E-state index contributed by atoms with van der Waals surface area (Å²) in [5.41, 5.74) is 0.837. The van der Waals surface area contributed by atoms with Crippen LogP contribution in [0.4, 0.5) is 4.39 Å². The molecule has 0 aliphatic rings. The van der Waals surface area contributed by atoms with Gasteiger partial charge in [-0.2, -0.15) is 0 Å². The largest absolute Gasteiger partial charge is 0.340 e. The molecule has 0 bridgehead atoms. The van der Waals surface area contributed by atoms with Crippen molar-refractivity contribution < 1.29 is 14.0 Å². The van der Waals surface area contributed by atoms with E-state index < -0.39 is 6.04 Å². The van der Waals surface area contributed by atoms with E-state index in [4.69, 9.17) is 0 Å². The van der Waals surface area contributed by atoms with Crippen molar-refractivity contribution in [3.8, 4) is 0 Å². The average Bonchev–Trinajstić information content (AvgIpc) is 3.06. The molecule has 1 N–H and O–H groups in total. The summed E-state index contributed by atoms with van der Waals surface area (Å²) in [7, 11) is 3.86. The van der Waals surface area contributed by atoms with Crippen LogP contribution in [0.2, 0.25) is 0 Å². The molecule has 1 heterocycles. The van der Waals surface area contributed by atoms with E-state index in [0.29, 0.717) is 24.5 Å². The molecular weight excluding hydrogens is 433 g/mol. The Labute approximate surface area is 171 Å². The summed E-state index contributed by atoms with van der Waals surface area (Å²) in [5.74, 6) is -0.765. The maximum Gasteiger partial charge on any atom is 0.262 e. The molecule has 2 amide bonds. The van der Waals surface area contributed by atoms with E-state index in [-0.39, 0.29) is 17.6 Å². The topological polar surface area (TPSA) is 52.7 Å². The van der Waals surface area contributed by atoms with Crippen LogP contribution in [0.15, 0.2) is 40.2 Å². The van der Waals surface area contributed by atoms with Gasteiger partial charge in [0, 0.05) is 19.6 Å². The second-order valence-electron chi connectivity index (χ2n) is 6.49. The summed E-state index contributed by atoms with van der Waals surface area (Å²) in [5, 5.41) is 2.76. The molecule has 27 heavy (non-hydrogen) atoms. The van der Waals surface area contributed by atoms with Crippen molar-refractivity contribution in [2.45, 2.75) is 19.5 Å². The summed E-state index contributed by atoms with van der Waals surface area (Å²) in [4.78, 5) is 29.4. The molecule has 0 spiro atoms. The van der Waals surface area contributed by atoms with Gasteiger partial charge in [-0.1, -0.05) is 12.1 Å². The minimum absolute atomic E-state index is 0.176. The molecule has 0 saturated carbocycles. The highest BCUT2D eigenvalue weighted by Gasteiger charge is 2.23. The lowest BCUT2D eigenvalue weighted by Gasteiger charge is -2.27. The normalized spacial score (nSPS) is 12.1. The zero-order chi connectivity index (χ0) is 20.0. The standard InChI is InChI=1S/C19H23BrFN3O2S/c1-13(22-18(25)16-8-9-17(20)27-16)19(26)24(11-10-23(2)3)12-14-4-6-15(21)7-5-14/h4-9,13H,10-12H2,1-3H3,(H,22,25).